The zero-order valence-corrected chi connectivity index (χ0v) is 15.5. The number of hydrogen-bond acceptors (Lipinski definition) is 3. The number of nitrogens with one attached hydrogen (secondary N) is 1. The normalized spacial score (nSPS) is 10.6. The molecule has 3 rings (SSSR count). The molecule has 0 aliphatic rings. The predicted molar refractivity (Wildman–Crippen MR) is 101 cm³/mol. The van der Waals surface area contributed by atoms with Gasteiger partial charge in [0.05, 0.1) is 5.69 Å². The van der Waals surface area contributed by atoms with E-state index < -0.39 is 0 Å². The summed E-state index contributed by atoms with van der Waals surface area (Å²) in [6.07, 6.45) is 1.91. The third-order valence-corrected chi connectivity index (χ3v) is 4.24. The van der Waals surface area contributed by atoms with E-state index in [0.29, 0.717) is 23.7 Å². The molecule has 1 heterocycles. The summed E-state index contributed by atoms with van der Waals surface area (Å²) in [7, 11) is 1.86. The summed E-state index contributed by atoms with van der Waals surface area (Å²) in [5.74, 6) is 0.640. The van der Waals surface area contributed by atoms with Crippen LogP contribution in [0.1, 0.15) is 27.2 Å². The van der Waals surface area contributed by atoms with Gasteiger partial charge in [-0.15, -0.1) is 0 Å². The molecular formula is C20H20ClN3O2. The van der Waals surface area contributed by atoms with Crippen LogP contribution >= 0.6 is 11.6 Å². The van der Waals surface area contributed by atoms with Crippen LogP contribution < -0.4 is 10.1 Å². The Hall–Kier alpha value is -2.79. The molecule has 0 saturated carbocycles. The first-order valence-electron chi connectivity index (χ1n) is 8.26. The second kappa shape index (κ2) is 8.06. The Morgan fingerprint density at radius 1 is 1.15 bits per heavy atom. The van der Waals surface area contributed by atoms with E-state index in [2.05, 4.69) is 10.4 Å². The second-order valence-corrected chi connectivity index (χ2v) is 6.47. The van der Waals surface area contributed by atoms with Gasteiger partial charge in [0.1, 0.15) is 12.4 Å². The van der Waals surface area contributed by atoms with Crippen molar-refractivity contribution in [3.05, 3.63) is 82.1 Å². The topological polar surface area (TPSA) is 56.2 Å². The highest BCUT2D eigenvalue weighted by Crippen LogP contribution is 2.17. The molecule has 0 spiro atoms. The fourth-order valence-corrected chi connectivity index (χ4v) is 2.68. The van der Waals surface area contributed by atoms with Crippen LogP contribution in [0.5, 0.6) is 5.75 Å². The minimum atomic E-state index is -0.113. The Kier molecular flexibility index (Phi) is 5.58. The van der Waals surface area contributed by atoms with Gasteiger partial charge >= 0.3 is 0 Å². The fraction of sp³-hybridized carbons (Fsp3) is 0.200. The van der Waals surface area contributed by atoms with Crippen molar-refractivity contribution in [2.45, 2.75) is 20.1 Å². The minimum Gasteiger partial charge on any atom is -0.489 e. The lowest BCUT2D eigenvalue weighted by Crippen LogP contribution is -2.22. The Bertz CT molecular complexity index is 886. The van der Waals surface area contributed by atoms with Crippen molar-refractivity contribution < 1.29 is 9.53 Å². The number of halogens is 1. The van der Waals surface area contributed by atoms with E-state index in [0.717, 1.165) is 22.6 Å². The molecule has 0 aliphatic heterocycles. The van der Waals surface area contributed by atoms with E-state index >= 15 is 0 Å². The highest BCUT2D eigenvalue weighted by molar-refractivity contribution is 6.30. The fourth-order valence-electron chi connectivity index (χ4n) is 2.55. The number of amides is 1. The lowest BCUT2D eigenvalue weighted by molar-refractivity contribution is 0.0951. The van der Waals surface area contributed by atoms with Gasteiger partial charge in [0.15, 0.2) is 0 Å². The molecule has 134 valence electrons. The molecule has 6 heteroatoms. The lowest BCUT2D eigenvalue weighted by Gasteiger charge is -2.08. The van der Waals surface area contributed by atoms with Gasteiger partial charge in [-0.25, -0.2) is 0 Å². The van der Waals surface area contributed by atoms with Crippen molar-refractivity contribution in [3.8, 4) is 5.75 Å². The molecule has 0 saturated heterocycles. The van der Waals surface area contributed by atoms with Crippen LogP contribution in [-0.4, -0.2) is 15.7 Å². The second-order valence-electron chi connectivity index (χ2n) is 6.04. The SMILES string of the molecule is Cc1nn(C)cc1CNC(=O)c1ccc(COc2ccc(Cl)cc2)cc1. The first kappa shape index (κ1) is 18.0. The number of hydrogen-bond donors (Lipinski definition) is 1. The number of rotatable bonds is 6. The van der Waals surface area contributed by atoms with Gasteiger partial charge < -0.3 is 10.1 Å². The van der Waals surface area contributed by atoms with Gasteiger partial charge in [-0.05, 0) is 48.9 Å². The molecule has 0 aliphatic carbocycles. The zero-order valence-electron chi connectivity index (χ0n) is 14.7. The molecule has 2 aromatic carbocycles. The monoisotopic (exact) mass is 369 g/mol. The number of ether oxygens (including phenoxy) is 1. The number of aryl methyl sites for hydroxylation is 2. The molecular weight excluding hydrogens is 350 g/mol. The molecule has 1 aromatic heterocycles. The van der Waals surface area contributed by atoms with Crippen molar-refractivity contribution in [3.63, 3.8) is 0 Å². The highest BCUT2D eigenvalue weighted by atomic mass is 35.5. The first-order valence-corrected chi connectivity index (χ1v) is 8.63. The van der Waals surface area contributed by atoms with Crippen LogP contribution in [0, 0.1) is 6.92 Å². The van der Waals surface area contributed by atoms with E-state index in [1.807, 2.05) is 44.4 Å². The van der Waals surface area contributed by atoms with Gasteiger partial charge in [-0.1, -0.05) is 23.7 Å². The highest BCUT2D eigenvalue weighted by Gasteiger charge is 2.08. The molecule has 1 N–H and O–H groups in total. The van der Waals surface area contributed by atoms with Crippen molar-refractivity contribution in [1.82, 2.24) is 15.1 Å². The zero-order chi connectivity index (χ0) is 18.5. The Labute approximate surface area is 157 Å². The smallest absolute Gasteiger partial charge is 0.251 e. The van der Waals surface area contributed by atoms with Crippen LogP contribution in [0.3, 0.4) is 0 Å². The maximum atomic E-state index is 12.3. The standard InChI is InChI=1S/C20H20ClN3O2/c1-14-17(12-24(2)23-14)11-22-20(25)16-5-3-15(4-6-16)13-26-19-9-7-18(21)8-10-19/h3-10,12H,11,13H2,1-2H3,(H,22,25). The minimum absolute atomic E-state index is 0.113. The number of benzene rings is 2. The Balaban J connectivity index is 1.53. The Morgan fingerprint density at radius 2 is 1.85 bits per heavy atom. The summed E-state index contributed by atoms with van der Waals surface area (Å²) in [6.45, 7) is 2.81. The molecule has 0 bridgehead atoms. The van der Waals surface area contributed by atoms with Crippen molar-refractivity contribution in [2.24, 2.45) is 7.05 Å². The van der Waals surface area contributed by atoms with Crippen LogP contribution in [0.25, 0.3) is 0 Å². The van der Waals surface area contributed by atoms with Crippen LogP contribution in [0.2, 0.25) is 5.02 Å². The van der Waals surface area contributed by atoms with Crippen LogP contribution in [0.4, 0.5) is 0 Å². The summed E-state index contributed by atoms with van der Waals surface area (Å²) >= 11 is 5.85. The molecule has 0 fully saturated rings. The molecule has 1 amide bonds. The summed E-state index contributed by atoms with van der Waals surface area (Å²) in [5.41, 5.74) is 3.53. The average Bonchev–Trinajstić information content (AvgIpc) is 2.97. The van der Waals surface area contributed by atoms with Crippen LogP contribution in [0.15, 0.2) is 54.7 Å². The van der Waals surface area contributed by atoms with Crippen molar-refractivity contribution in [1.29, 1.82) is 0 Å². The molecule has 26 heavy (non-hydrogen) atoms. The average molecular weight is 370 g/mol. The Morgan fingerprint density at radius 3 is 2.46 bits per heavy atom. The van der Waals surface area contributed by atoms with Gasteiger partial charge in [0, 0.05) is 35.9 Å². The quantitative estimate of drug-likeness (QED) is 0.717. The molecule has 0 radical (unpaired) electrons. The number of carbonyl (C=O) groups is 1. The lowest BCUT2D eigenvalue weighted by atomic mass is 10.1. The van der Waals surface area contributed by atoms with E-state index in [4.69, 9.17) is 16.3 Å². The van der Waals surface area contributed by atoms with E-state index in [1.54, 1.807) is 28.9 Å². The summed E-state index contributed by atoms with van der Waals surface area (Å²) in [6, 6.07) is 14.6. The maximum absolute atomic E-state index is 12.3. The predicted octanol–water partition coefficient (Wildman–Crippen LogP) is 3.89. The number of carbonyl (C=O) groups excluding carboxylic acids is 1. The van der Waals surface area contributed by atoms with Gasteiger partial charge in [0.25, 0.3) is 5.91 Å². The largest absolute Gasteiger partial charge is 0.489 e. The number of aromatic nitrogens is 2. The molecule has 3 aromatic rings. The van der Waals surface area contributed by atoms with Crippen molar-refractivity contribution >= 4 is 17.5 Å². The van der Waals surface area contributed by atoms with Gasteiger partial charge in [-0.2, -0.15) is 5.10 Å². The van der Waals surface area contributed by atoms with Gasteiger partial charge in [-0.3, -0.25) is 9.48 Å². The van der Waals surface area contributed by atoms with E-state index in [9.17, 15) is 4.79 Å². The third kappa shape index (κ3) is 4.64. The molecule has 0 atom stereocenters. The van der Waals surface area contributed by atoms with E-state index in [1.165, 1.54) is 0 Å². The summed E-state index contributed by atoms with van der Waals surface area (Å²) in [5, 5.41) is 7.86. The van der Waals surface area contributed by atoms with E-state index in [-0.39, 0.29) is 5.91 Å². The van der Waals surface area contributed by atoms with Crippen LogP contribution in [-0.2, 0) is 20.2 Å². The first-order chi connectivity index (χ1) is 12.5. The number of nitrogens with zero attached hydrogens (tertiary/aromatic N) is 2. The summed E-state index contributed by atoms with van der Waals surface area (Å²) < 4.78 is 7.44. The van der Waals surface area contributed by atoms with Gasteiger partial charge in [0.2, 0.25) is 0 Å². The third-order valence-electron chi connectivity index (χ3n) is 3.99. The molecule has 5 nitrogen and oxygen atoms in total. The van der Waals surface area contributed by atoms with Crippen molar-refractivity contribution in [2.75, 3.05) is 0 Å². The maximum Gasteiger partial charge on any atom is 0.251 e. The summed E-state index contributed by atoms with van der Waals surface area (Å²) in [4.78, 5) is 12.3. The molecule has 0 unspecified atom stereocenters.